The quantitative estimate of drug-likeness (QED) is 0.540. The molecule has 5 nitrogen and oxygen atoms in total. The molecule has 32 heavy (non-hydrogen) atoms. The molecule has 0 aromatic heterocycles. The third-order valence-electron chi connectivity index (χ3n) is 5.14. The van der Waals surface area contributed by atoms with Gasteiger partial charge in [0.25, 0.3) is 5.91 Å². The van der Waals surface area contributed by atoms with Crippen molar-refractivity contribution in [3.8, 4) is 0 Å². The van der Waals surface area contributed by atoms with Gasteiger partial charge in [0.05, 0.1) is 16.5 Å². The first kappa shape index (κ1) is 23.6. The van der Waals surface area contributed by atoms with E-state index in [-0.39, 0.29) is 23.5 Å². The van der Waals surface area contributed by atoms with Gasteiger partial charge in [-0.05, 0) is 41.5 Å². The number of nitrogens with one attached hydrogen (secondary N) is 1. The third kappa shape index (κ3) is 5.03. The molecule has 0 heterocycles. The van der Waals surface area contributed by atoms with Gasteiger partial charge in [-0.2, -0.15) is 4.31 Å². The minimum atomic E-state index is -3.87. The van der Waals surface area contributed by atoms with Gasteiger partial charge in [-0.25, -0.2) is 17.2 Å². The molecule has 168 valence electrons. The summed E-state index contributed by atoms with van der Waals surface area (Å²) in [5, 5.41) is 2.75. The van der Waals surface area contributed by atoms with Gasteiger partial charge < -0.3 is 5.32 Å². The van der Waals surface area contributed by atoms with E-state index in [2.05, 4.69) is 5.32 Å². The predicted molar refractivity (Wildman–Crippen MR) is 119 cm³/mol. The molecule has 0 aliphatic carbocycles. The topological polar surface area (TPSA) is 66.5 Å². The Morgan fingerprint density at radius 3 is 2.09 bits per heavy atom. The fourth-order valence-corrected chi connectivity index (χ4v) is 4.90. The van der Waals surface area contributed by atoms with Gasteiger partial charge in [-0.1, -0.05) is 56.3 Å². The molecule has 1 unspecified atom stereocenters. The molecule has 0 spiro atoms. The first-order chi connectivity index (χ1) is 15.3. The van der Waals surface area contributed by atoms with Gasteiger partial charge in [0.15, 0.2) is 0 Å². The number of hydrogen-bond donors (Lipinski definition) is 1. The Bertz CT molecular complexity index is 1180. The molecule has 0 saturated carbocycles. The molecule has 0 radical (unpaired) electrons. The van der Waals surface area contributed by atoms with E-state index in [1.807, 2.05) is 6.07 Å². The lowest BCUT2D eigenvalue weighted by Crippen LogP contribution is -2.32. The maximum absolute atomic E-state index is 14.6. The zero-order chi connectivity index (χ0) is 23.3. The van der Waals surface area contributed by atoms with Crippen LogP contribution in [0.25, 0.3) is 0 Å². The Kier molecular flexibility index (Phi) is 7.37. The minimum absolute atomic E-state index is 0.161. The molecule has 8 heteroatoms. The van der Waals surface area contributed by atoms with E-state index in [1.54, 1.807) is 38.1 Å². The van der Waals surface area contributed by atoms with Gasteiger partial charge in [0.2, 0.25) is 10.0 Å². The van der Waals surface area contributed by atoms with E-state index in [9.17, 15) is 22.0 Å². The van der Waals surface area contributed by atoms with Crippen LogP contribution in [0.4, 0.5) is 8.78 Å². The lowest BCUT2D eigenvalue weighted by Gasteiger charge is -2.21. The van der Waals surface area contributed by atoms with Crippen LogP contribution >= 0.6 is 0 Å². The highest BCUT2D eigenvalue weighted by Gasteiger charge is 2.25. The lowest BCUT2D eigenvalue weighted by atomic mass is 9.98. The Labute approximate surface area is 186 Å². The van der Waals surface area contributed by atoms with Crippen LogP contribution in [0.1, 0.15) is 41.4 Å². The summed E-state index contributed by atoms with van der Waals surface area (Å²) in [5.41, 5.74) is 0.916. The smallest absolute Gasteiger partial charge is 0.255 e. The fourth-order valence-electron chi connectivity index (χ4n) is 3.42. The molecular formula is C24H24F2N2O3S. The van der Waals surface area contributed by atoms with Crippen LogP contribution in [-0.4, -0.2) is 31.7 Å². The van der Waals surface area contributed by atoms with Crippen LogP contribution in [0.5, 0.6) is 0 Å². The normalized spacial score (nSPS) is 12.5. The number of sulfonamides is 1. The summed E-state index contributed by atoms with van der Waals surface area (Å²) in [5.74, 6) is -2.04. The molecule has 0 aliphatic rings. The van der Waals surface area contributed by atoms with Crippen LogP contribution in [0.15, 0.2) is 77.7 Å². The van der Waals surface area contributed by atoms with Crippen molar-refractivity contribution in [3.05, 3.63) is 101 Å². The molecule has 1 N–H and O–H groups in total. The van der Waals surface area contributed by atoms with Crippen LogP contribution in [0.3, 0.4) is 0 Å². The minimum Gasteiger partial charge on any atom is -0.341 e. The average Bonchev–Trinajstić information content (AvgIpc) is 2.79. The standard InChI is InChI=1S/C24H24F2N2O3S/c1-3-28(4-2)32(30,31)20-14-15-22(26)21(16-20)24(29)27-23(17-8-6-5-7-9-17)18-10-12-19(25)13-11-18/h5-16,23H,3-4H2,1-2H3,(H,27,29). The average molecular weight is 459 g/mol. The second-order valence-electron chi connectivity index (χ2n) is 7.10. The number of hydrogen-bond acceptors (Lipinski definition) is 3. The largest absolute Gasteiger partial charge is 0.341 e. The Balaban J connectivity index is 1.99. The second-order valence-corrected chi connectivity index (χ2v) is 9.04. The van der Waals surface area contributed by atoms with Crippen molar-refractivity contribution in [2.45, 2.75) is 24.8 Å². The van der Waals surface area contributed by atoms with E-state index < -0.39 is 33.6 Å². The zero-order valence-corrected chi connectivity index (χ0v) is 18.6. The predicted octanol–water partition coefficient (Wildman–Crippen LogP) is 4.51. The van der Waals surface area contributed by atoms with Crippen molar-refractivity contribution in [3.63, 3.8) is 0 Å². The molecule has 3 aromatic rings. The number of carbonyl (C=O) groups is 1. The highest BCUT2D eigenvalue weighted by molar-refractivity contribution is 7.89. The SMILES string of the molecule is CCN(CC)S(=O)(=O)c1ccc(F)c(C(=O)NC(c2ccccc2)c2ccc(F)cc2)c1. The summed E-state index contributed by atoms with van der Waals surface area (Å²) in [6, 6.07) is 17.0. The summed E-state index contributed by atoms with van der Waals surface area (Å²) >= 11 is 0. The molecule has 0 fully saturated rings. The molecule has 1 atom stereocenters. The van der Waals surface area contributed by atoms with E-state index in [1.165, 1.54) is 28.6 Å². The number of amides is 1. The van der Waals surface area contributed by atoms with Gasteiger partial charge >= 0.3 is 0 Å². The number of halogens is 2. The van der Waals surface area contributed by atoms with Gasteiger partial charge in [0.1, 0.15) is 11.6 Å². The Hall–Kier alpha value is -3.10. The van der Waals surface area contributed by atoms with E-state index in [0.717, 1.165) is 18.2 Å². The summed E-state index contributed by atoms with van der Waals surface area (Å²) in [6.45, 7) is 3.90. The van der Waals surface area contributed by atoms with Gasteiger partial charge in [-0.3, -0.25) is 4.79 Å². The molecule has 3 aromatic carbocycles. The number of benzene rings is 3. The summed E-state index contributed by atoms with van der Waals surface area (Å²) < 4.78 is 54.8. The van der Waals surface area contributed by atoms with Crippen LogP contribution in [-0.2, 0) is 10.0 Å². The second kappa shape index (κ2) is 10.0. The molecular weight excluding hydrogens is 434 g/mol. The summed E-state index contributed by atoms with van der Waals surface area (Å²) in [7, 11) is -3.87. The molecule has 0 saturated heterocycles. The summed E-state index contributed by atoms with van der Waals surface area (Å²) in [6.07, 6.45) is 0. The fraction of sp³-hybridized carbons (Fsp3) is 0.208. The number of nitrogens with zero attached hydrogens (tertiary/aromatic N) is 1. The van der Waals surface area contributed by atoms with Gasteiger partial charge in [0, 0.05) is 13.1 Å². The lowest BCUT2D eigenvalue weighted by molar-refractivity contribution is 0.0938. The monoisotopic (exact) mass is 458 g/mol. The van der Waals surface area contributed by atoms with Crippen molar-refractivity contribution < 1.29 is 22.0 Å². The number of rotatable bonds is 8. The zero-order valence-electron chi connectivity index (χ0n) is 17.8. The van der Waals surface area contributed by atoms with Crippen molar-refractivity contribution in [1.29, 1.82) is 0 Å². The van der Waals surface area contributed by atoms with Crippen molar-refractivity contribution in [2.24, 2.45) is 0 Å². The molecule has 3 rings (SSSR count). The first-order valence-electron chi connectivity index (χ1n) is 10.2. The van der Waals surface area contributed by atoms with Crippen LogP contribution in [0.2, 0.25) is 0 Å². The molecule has 1 amide bonds. The maximum Gasteiger partial charge on any atom is 0.255 e. The third-order valence-corrected chi connectivity index (χ3v) is 7.18. The van der Waals surface area contributed by atoms with Crippen molar-refractivity contribution >= 4 is 15.9 Å². The van der Waals surface area contributed by atoms with E-state index >= 15 is 0 Å². The molecule has 0 aliphatic heterocycles. The first-order valence-corrected chi connectivity index (χ1v) is 11.6. The maximum atomic E-state index is 14.6. The molecule has 0 bridgehead atoms. The Morgan fingerprint density at radius 2 is 1.50 bits per heavy atom. The van der Waals surface area contributed by atoms with E-state index in [4.69, 9.17) is 0 Å². The van der Waals surface area contributed by atoms with Crippen molar-refractivity contribution in [2.75, 3.05) is 13.1 Å². The van der Waals surface area contributed by atoms with Gasteiger partial charge in [-0.15, -0.1) is 0 Å². The number of carbonyl (C=O) groups excluding carboxylic acids is 1. The highest BCUT2D eigenvalue weighted by Crippen LogP contribution is 2.24. The van der Waals surface area contributed by atoms with Crippen LogP contribution in [0, 0.1) is 11.6 Å². The summed E-state index contributed by atoms with van der Waals surface area (Å²) in [4.78, 5) is 12.9. The highest BCUT2D eigenvalue weighted by atomic mass is 32.2. The Morgan fingerprint density at radius 1 is 0.906 bits per heavy atom. The van der Waals surface area contributed by atoms with Crippen molar-refractivity contribution in [1.82, 2.24) is 9.62 Å². The van der Waals surface area contributed by atoms with Crippen LogP contribution < -0.4 is 5.32 Å². The van der Waals surface area contributed by atoms with E-state index in [0.29, 0.717) is 11.1 Å².